The van der Waals surface area contributed by atoms with Crippen molar-refractivity contribution in [2.75, 3.05) is 52.6 Å². The summed E-state index contributed by atoms with van der Waals surface area (Å²) >= 11 is 0. The summed E-state index contributed by atoms with van der Waals surface area (Å²) in [5.74, 6) is -4.65. The van der Waals surface area contributed by atoms with Gasteiger partial charge in [0.1, 0.15) is 68.4 Å². The lowest BCUT2D eigenvalue weighted by Gasteiger charge is -2.44. The van der Waals surface area contributed by atoms with Crippen LogP contribution in [0, 0.1) is 11.8 Å². The zero-order chi connectivity index (χ0) is 52.6. The fraction of sp³-hybridized carbons (Fsp3) is 0.809. The van der Waals surface area contributed by atoms with E-state index in [1.807, 2.05) is 0 Å². The SMILES string of the molecule is CC(=O)N[C@H]1[C@H](OCCCCCCNC(=O)CN(CC(=O)NCCCCCCO[C@@H]2O[C@H](COC(C)=O)[C@H](C)[C@H](OC(C)=O)[C@H]2NC(C)=O)C(=O)OC(C)(C)C)O[C@H](COC(C)=O)[C@H](C)[C@@H]1OC(C)=O. The molecule has 0 unspecified atom stereocenters. The van der Waals surface area contributed by atoms with Gasteiger partial charge in [-0.2, -0.15) is 0 Å². The van der Waals surface area contributed by atoms with E-state index in [0.29, 0.717) is 64.5 Å². The number of ether oxygens (including phenoxy) is 9. The summed E-state index contributed by atoms with van der Waals surface area (Å²) in [6.07, 6.45) is -0.463. The summed E-state index contributed by atoms with van der Waals surface area (Å²) in [5.41, 5.74) is -0.875. The molecule has 5 amide bonds. The molecule has 23 nitrogen and oxygen atoms in total. The van der Waals surface area contributed by atoms with Crippen molar-refractivity contribution in [2.24, 2.45) is 11.8 Å². The number of carbonyl (C=O) groups is 9. The molecule has 2 heterocycles. The number of hydrogen-bond acceptors (Lipinski definition) is 18. The number of unbranched alkanes of at least 4 members (excludes halogenated alkanes) is 6. The Bertz CT molecular complexity index is 1620. The smallest absolute Gasteiger partial charge is 0.411 e. The van der Waals surface area contributed by atoms with Gasteiger partial charge in [-0.1, -0.05) is 39.5 Å². The van der Waals surface area contributed by atoms with Gasteiger partial charge in [0.05, 0.1) is 0 Å². The first-order chi connectivity index (χ1) is 32.9. The quantitative estimate of drug-likeness (QED) is 0.0497. The van der Waals surface area contributed by atoms with E-state index < -0.39 is 121 Å². The van der Waals surface area contributed by atoms with Gasteiger partial charge in [-0.05, 0) is 46.5 Å². The third kappa shape index (κ3) is 24.1. The van der Waals surface area contributed by atoms with Crippen molar-refractivity contribution in [3.63, 3.8) is 0 Å². The van der Waals surface area contributed by atoms with Crippen molar-refractivity contribution in [1.29, 1.82) is 0 Å². The first kappa shape index (κ1) is 61.0. The van der Waals surface area contributed by atoms with Gasteiger partial charge in [0.25, 0.3) is 0 Å². The average molecular weight is 1000 g/mol. The van der Waals surface area contributed by atoms with Crippen LogP contribution in [0.3, 0.4) is 0 Å². The number of amides is 5. The molecule has 23 heteroatoms. The van der Waals surface area contributed by atoms with Crippen molar-refractivity contribution < 1.29 is 85.8 Å². The molecule has 2 saturated heterocycles. The maximum absolute atomic E-state index is 13.1. The van der Waals surface area contributed by atoms with E-state index in [-0.39, 0.29) is 38.2 Å². The molecule has 10 atom stereocenters. The maximum Gasteiger partial charge on any atom is 0.411 e. The predicted octanol–water partition coefficient (Wildman–Crippen LogP) is 2.33. The van der Waals surface area contributed by atoms with Crippen LogP contribution >= 0.6 is 0 Å². The Kier molecular flexibility index (Phi) is 27.2. The average Bonchev–Trinajstić information content (AvgIpc) is 3.24. The van der Waals surface area contributed by atoms with Crippen LogP contribution in [0.4, 0.5) is 4.79 Å². The highest BCUT2D eigenvalue weighted by molar-refractivity contribution is 5.86. The highest BCUT2D eigenvalue weighted by Crippen LogP contribution is 2.31. The van der Waals surface area contributed by atoms with Gasteiger partial charge in [0, 0.05) is 79.7 Å². The Balaban J connectivity index is 1.81. The summed E-state index contributed by atoms with van der Waals surface area (Å²) in [5, 5.41) is 11.1. The number of hydrogen-bond donors (Lipinski definition) is 4. The third-order valence-electron chi connectivity index (χ3n) is 11.0. The molecule has 70 heavy (non-hydrogen) atoms. The Morgan fingerprint density at radius 1 is 0.529 bits per heavy atom. The lowest BCUT2D eigenvalue weighted by molar-refractivity contribution is -0.260. The van der Waals surface area contributed by atoms with Gasteiger partial charge in [-0.25, -0.2) is 4.79 Å². The molecule has 0 aromatic rings. The molecule has 2 fully saturated rings. The standard InChI is InChI=1S/C47H79N5O18/c1-28-36(26-64-32(5)55)68-44(40(50-30(3)53)42(28)66-34(7)57)62-22-18-14-12-16-20-48-38(59)24-52(46(61)70-47(9,10)11)25-39(60)49-21-17-13-15-19-23-63-45-41(51-31(4)54)43(67-35(8)58)29(2)37(69-45)27-65-33(6)56/h28-29,36-37,40-45H,12-27H2,1-11H3,(H,48,59)(H,49,60)(H,50,53)(H,51,54)/t28-,29-,36+,37+,40+,41+,42-,43-,44+,45+/m0/s1. The minimum absolute atomic E-state index is 0.0908. The van der Waals surface area contributed by atoms with E-state index in [1.165, 1.54) is 41.5 Å². The van der Waals surface area contributed by atoms with Crippen molar-refractivity contribution in [3.8, 4) is 0 Å². The van der Waals surface area contributed by atoms with Gasteiger partial charge in [-0.3, -0.25) is 43.3 Å². The highest BCUT2D eigenvalue weighted by atomic mass is 16.7. The topological polar surface area (TPSA) is 288 Å². The second-order valence-electron chi connectivity index (χ2n) is 18.6. The summed E-state index contributed by atoms with van der Waals surface area (Å²) in [6.45, 7) is 16.4. The highest BCUT2D eigenvalue weighted by Gasteiger charge is 2.48. The second-order valence-corrected chi connectivity index (χ2v) is 18.6. The molecular weight excluding hydrogens is 923 g/mol. The number of carbonyl (C=O) groups excluding carboxylic acids is 9. The van der Waals surface area contributed by atoms with E-state index in [4.69, 9.17) is 42.6 Å². The lowest BCUT2D eigenvalue weighted by Crippen LogP contribution is -2.63. The number of nitrogens with zero attached hydrogens (tertiary/aromatic N) is 1. The van der Waals surface area contributed by atoms with Crippen molar-refractivity contribution >= 4 is 53.6 Å². The minimum Gasteiger partial charge on any atom is -0.463 e. The molecule has 0 saturated carbocycles. The van der Waals surface area contributed by atoms with Crippen molar-refractivity contribution in [3.05, 3.63) is 0 Å². The monoisotopic (exact) mass is 1000 g/mol. The molecule has 0 spiro atoms. The van der Waals surface area contributed by atoms with Crippen LogP contribution in [0.5, 0.6) is 0 Å². The van der Waals surface area contributed by atoms with Crippen LogP contribution in [0.2, 0.25) is 0 Å². The Morgan fingerprint density at radius 3 is 1.23 bits per heavy atom. The molecule has 400 valence electrons. The van der Waals surface area contributed by atoms with Gasteiger partial charge in [0.2, 0.25) is 23.6 Å². The first-order valence-corrected chi connectivity index (χ1v) is 24.1. The molecular formula is C47H79N5O18. The van der Waals surface area contributed by atoms with E-state index in [9.17, 15) is 43.2 Å². The maximum atomic E-state index is 13.1. The van der Waals surface area contributed by atoms with Gasteiger partial charge in [0.15, 0.2) is 12.6 Å². The minimum atomic E-state index is -0.986. The summed E-state index contributed by atoms with van der Waals surface area (Å²) in [6, 6.07) is -1.61. The largest absolute Gasteiger partial charge is 0.463 e. The van der Waals surface area contributed by atoms with Crippen LogP contribution < -0.4 is 21.3 Å². The molecule has 0 aliphatic carbocycles. The Labute approximate surface area is 411 Å². The molecule has 2 aliphatic heterocycles. The molecule has 0 bridgehead atoms. The normalized spacial score (nSPS) is 24.2. The lowest BCUT2D eigenvalue weighted by atomic mass is 9.89. The van der Waals surface area contributed by atoms with Crippen LogP contribution in [-0.4, -0.2) is 166 Å². The van der Waals surface area contributed by atoms with Crippen LogP contribution in [0.15, 0.2) is 0 Å². The predicted molar refractivity (Wildman–Crippen MR) is 248 cm³/mol. The first-order valence-electron chi connectivity index (χ1n) is 24.1. The molecule has 4 N–H and O–H groups in total. The number of esters is 4. The van der Waals surface area contributed by atoms with Crippen LogP contribution in [-0.2, 0) is 81.0 Å². The fourth-order valence-electron chi connectivity index (χ4n) is 7.72. The Hall–Kier alpha value is -5.13. The molecule has 0 aromatic heterocycles. The number of nitrogens with one attached hydrogen (secondary N) is 4. The second kappa shape index (κ2) is 31.3. The molecule has 2 aliphatic rings. The van der Waals surface area contributed by atoms with E-state index in [0.717, 1.165) is 4.90 Å². The zero-order valence-electron chi connectivity index (χ0n) is 42.9. The number of rotatable bonds is 28. The van der Waals surface area contributed by atoms with E-state index in [1.54, 1.807) is 34.6 Å². The molecule has 0 aromatic carbocycles. The van der Waals surface area contributed by atoms with Crippen molar-refractivity contribution in [1.82, 2.24) is 26.2 Å². The molecule has 2 rings (SSSR count). The van der Waals surface area contributed by atoms with Gasteiger partial charge in [-0.15, -0.1) is 0 Å². The summed E-state index contributed by atoms with van der Waals surface area (Å²) < 4.78 is 51.1. The van der Waals surface area contributed by atoms with Gasteiger partial charge < -0.3 is 63.9 Å². The van der Waals surface area contributed by atoms with E-state index in [2.05, 4.69) is 21.3 Å². The zero-order valence-corrected chi connectivity index (χ0v) is 42.9. The van der Waals surface area contributed by atoms with Crippen LogP contribution in [0.25, 0.3) is 0 Å². The summed E-state index contributed by atoms with van der Waals surface area (Å²) in [7, 11) is 0. The van der Waals surface area contributed by atoms with Gasteiger partial charge >= 0.3 is 30.0 Å². The molecule has 0 radical (unpaired) electrons. The van der Waals surface area contributed by atoms with Crippen LogP contribution in [0.1, 0.15) is 128 Å². The Morgan fingerprint density at radius 2 is 0.900 bits per heavy atom. The fourth-order valence-corrected chi connectivity index (χ4v) is 7.72. The summed E-state index contributed by atoms with van der Waals surface area (Å²) in [4.78, 5) is 111. The van der Waals surface area contributed by atoms with E-state index >= 15 is 0 Å². The van der Waals surface area contributed by atoms with Crippen molar-refractivity contribution in [2.45, 2.75) is 182 Å². The third-order valence-corrected chi connectivity index (χ3v) is 11.0.